The average molecular weight is 471 g/mol. The topological polar surface area (TPSA) is 114 Å². The average Bonchev–Trinajstić information content (AvgIpc) is 3.53. The van der Waals surface area contributed by atoms with E-state index in [9.17, 15) is 9.59 Å². The van der Waals surface area contributed by atoms with Crippen LogP contribution in [0.5, 0.6) is 0 Å². The molecule has 0 aliphatic heterocycles. The molecule has 32 heavy (non-hydrogen) atoms. The molecule has 0 bridgehead atoms. The lowest BCUT2D eigenvalue weighted by molar-refractivity contribution is -0.119. The maximum atomic E-state index is 12.2. The van der Waals surface area contributed by atoms with Crippen LogP contribution in [-0.2, 0) is 24.1 Å². The smallest absolute Gasteiger partial charge is 0.305 e. The molecule has 0 radical (unpaired) electrons. The van der Waals surface area contributed by atoms with E-state index in [0.717, 1.165) is 41.0 Å². The number of amides is 2. The molecule has 11 heteroatoms. The number of hydrogen-bond donors (Lipinski definition) is 2. The van der Waals surface area contributed by atoms with Crippen LogP contribution in [0.25, 0.3) is 15.9 Å². The maximum Gasteiger partial charge on any atom is 0.305 e. The first-order chi connectivity index (χ1) is 15.5. The highest BCUT2D eigenvalue weighted by Crippen LogP contribution is 2.39. The van der Waals surface area contributed by atoms with E-state index in [2.05, 4.69) is 34.9 Å². The van der Waals surface area contributed by atoms with Crippen molar-refractivity contribution >= 4 is 50.8 Å². The summed E-state index contributed by atoms with van der Waals surface area (Å²) in [5.41, 5.74) is 6.89. The summed E-state index contributed by atoms with van der Waals surface area (Å²) in [4.78, 5) is 31.5. The summed E-state index contributed by atoms with van der Waals surface area (Å²) in [6, 6.07) is 3.12. The van der Waals surface area contributed by atoms with Gasteiger partial charge in [0.05, 0.1) is 17.4 Å². The summed E-state index contributed by atoms with van der Waals surface area (Å²) in [5.74, 6) is 0.877. The molecule has 0 aromatic carbocycles. The highest BCUT2D eigenvalue weighted by Gasteiger charge is 2.25. The van der Waals surface area contributed by atoms with Crippen molar-refractivity contribution in [1.82, 2.24) is 30.4 Å². The molecule has 2 amide bonds. The van der Waals surface area contributed by atoms with Gasteiger partial charge < -0.3 is 4.42 Å². The van der Waals surface area contributed by atoms with E-state index in [1.165, 1.54) is 41.0 Å². The highest BCUT2D eigenvalue weighted by atomic mass is 32.2. The molecule has 1 atom stereocenters. The van der Waals surface area contributed by atoms with Gasteiger partial charge in [-0.15, -0.1) is 21.5 Å². The Balaban J connectivity index is 1.37. The van der Waals surface area contributed by atoms with Crippen LogP contribution >= 0.6 is 23.1 Å². The number of hydrazine groups is 1. The zero-order valence-corrected chi connectivity index (χ0v) is 19.3. The van der Waals surface area contributed by atoms with Crippen molar-refractivity contribution in [2.24, 2.45) is 5.92 Å². The van der Waals surface area contributed by atoms with Crippen molar-refractivity contribution in [1.29, 1.82) is 0 Å². The van der Waals surface area contributed by atoms with E-state index >= 15 is 0 Å². The third kappa shape index (κ3) is 3.75. The Labute approximate surface area is 192 Å². The monoisotopic (exact) mass is 470 g/mol. The Bertz CT molecular complexity index is 1310. The SMILES string of the molecule is CCc1nc2sc3c(c2c2nnc(SCC(=O)NNC(=O)c4ccco4)n12)CC[C@H](C)C3. The predicted octanol–water partition coefficient (Wildman–Crippen LogP) is 3.17. The molecule has 4 aromatic heterocycles. The second-order valence-corrected chi connectivity index (χ2v) is 9.85. The number of rotatable bonds is 5. The molecular formula is C21H22N6O3S2. The number of carbonyl (C=O) groups excluding carboxylic acids is 2. The molecule has 0 saturated carbocycles. The molecule has 0 unspecified atom stereocenters. The van der Waals surface area contributed by atoms with Gasteiger partial charge in [0.1, 0.15) is 10.7 Å². The lowest BCUT2D eigenvalue weighted by atomic mass is 9.89. The van der Waals surface area contributed by atoms with E-state index < -0.39 is 5.91 Å². The van der Waals surface area contributed by atoms with Crippen LogP contribution in [-0.4, -0.2) is 37.1 Å². The van der Waals surface area contributed by atoms with Crippen LogP contribution < -0.4 is 10.9 Å². The zero-order chi connectivity index (χ0) is 22.2. The van der Waals surface area contributed by atoms with Crippen LogP contribution in [0, 0.1) is 5.92 Å². The van der Waals surface area contributed by atoms with Crippen LogP contribution in [0.4, 0.5) is 0 Å². The minimum absolute atomic E-state index is 0.0691. The molecule has 2 N–H and O–H groups in total. The minimum atomic E-state index is -0.516. The molecule has 1 aliphatic carbocycles. The summed E-state index contributed by atoms with van der Waals surface area (Å²) >= 11 is 3.03. The second kappa shape index (κ2) is 8.55. The number of nitrogens with one attached hydrogen (secondary N) is 2. The van der Waals surface area contributed by atoms with Crippen molar-refractivity contribution in [2.75, 3.05) is 5.75 Å². The number of nitrogens with zero attached hydrogens (tertiary/aromatic N) is 4. The first kappa shape index (κ1) is 21.0. The molecule has 9 nitrogen and oxygen atoms in total. The van der Waals surface area contributed by atoms with E-state index in [1.807, 2.05) is 4.40 Å². The quantitative estimate of drug-likeness (QED) is 0.340. The Kier molecular flexibility index (Phi) is 5.60. The van der Waals surface area contributed by atoms with Crippen LogP contribution in [0.15, 0.2) is 28.0 Å². The standard InChI is InChI=1S/C21H22N6O3S2/c1-3-15-22-20-17(12-7-6-11(2)9-14(12)32-20)18-24-26-21(27(15)18)31-10-16(28)23-25-19(29)13-5-4-8-30-13/h4-5,8,11H,3,6-7,9-10H2,1-2H3,(H,23,28)(H,25,29)/t11-/m0/s1. The number of thioether (sulfide) groups is 1. The van der Waals surface area contributed by atoms with Gasteiger partial charge in [-0.25, -0.2) is 4.98 Å². The van der Waals surface area contributed by atoms with E-state index in [1.54, 1.807) is 17.4 Å². The summed E-state index contributed by atoms with van der Waals surface area (Å²) in [6.45, 7) is 4.34. The van der Waals surface area contributed by atoms with E-state index in [0.29, 0.717) is 11.1 Å². The third-order valence-corrected chi connectivity index (χ3v) is 7.62. The summed E-state index contributed by atoms with van der Waals surface area (Å²) in [5, 5.41) is 10.6. The van der Waals surface area contributed by atoms with Gasteiger partial charge in [0.2, 0.25) is 5.91 Å². The van der Waals surface area contributed by atoms with Gasteiger partial charge in [-0.3, -0.25) is 24.8 Å². The highest BCUT2D eigenvalue weighted by molar-refractivity contribution is 7.99. The van der Waals surface area contributed by atoms with Crippen molar-refractivity contribution < 1.29 is 14.0 Å². The molecular weight excluding hydrogens is 448 g/mol. The molecule has 0 saturated heterocycles. The molecule has 0 spiro atoms. The fourth-order valence-corrected chi connectivity index (χ4v) is 6.12. The third-order valence-electron chi connectivity index (χ3n) is 5.55. The Hall–Kier alpha value is -2.92. The largest absolute Gasteiger partial charge is 0.459 e. The van der Waals surface area contributed by atoms with Gasteiger partial charge in [0, 0.05) is 11.3 Å². The number of aromatic nitrogens is 4. The molecule has 4 aromatic rings. The summed E-state index contributed by atoms with van der Waals surface area (Å²) in [7, 11) is 0. The number of furan rings is 1. The van der Waals surface area contributed by atoms with Crippen molar-refractivity contribution in [2.45, 2.75) is 44.7 Å². The maximum absolute atomic E-state index is 12.2. The van der Waals surface area contributed by atoms with Crippen molar-refractivity contribution in [3.63, 3.8) is 0 Å². The molecule has 5 rings (SSSR count). The van der Waals surface area contributed by atoms with Gasteiger partial charge in [0.25, 0.3) is 0 Å². The van der Waals surface area contributed by atoms with Gasteiger partial charge in [-0.1, -0.05) is 25.6 Å². The zero-order valence-electron chi connectivity index (χ0n) is 17.7. The number of aryl methyl sites for hydroxylation is 2. The minimum Gasteiger partial charge on any atom is -0.459 e. The molecule has 4 heterocycles. The number of thiophene rings is 1. The normalized spacial score (nSPS) is 15.8. The summed E-state index contributed by atoms with van der Waals surface area (Å²) < 4.78 is 6.96. The van der Waals surface area contributed by atoms with Crippen LogP contribution in [0.2, 0.25) is 0 Å². The van der Waals surface area contributed by atoms with Gasteiger partial charge in [0.15, 0.2) is 16.6 Å². The van der Waals surface area contributed by atoms with E-state index in [4.69, 9.17) is 9.40 Å². The summed E-state index contributed by atoms with van der Waals surface area (Å²) in [6.07, 6.45) is 5.41. The first-order valence-electron chi connectivity index (χ1n) is 10.5. The lowest BCUT2D eigenvalue weighted by Gasteiger charge is -2.17. The Morgan fingerprint density at radius 2 is 2.22 bits per heavy atom. The van der Waals surface area contributed by atoms with Crippen LogP contribution in [0.3, 0.4) is 0 Å². The van der Waals surface area contributed by atoms with Crippen molar-refractivity contribution in [3.05, 3.63) is 40.4 Å². The number of fused-ring (bicyclic) bond motifs is 5. The van der Waals surface area contributed by atoms with E-state index in [-0.39, 0.29) is 17.4 Å². The number of hydrogen-bond acceptors (Lipinski definition) is 8. The first-order valence-corrected chi connectivity index (χ1v) is 12.3. The lowest BCUT2D eigenvalue weighted by Crippen LogP contribution is -2.42. The van der Waals surface area contributed by atoms with Gasteiger partial charge in [-0.2, -0.15) is 0 Å². The Morgan fingerprint density at radius 1 is 1.34 bits per heavy atom. The Morgan fingerprint density at radius 3 is 3.00 bits per heavy atom. The molecule has 1 aliphatic rings. The van der Waals surface area contributed by atoms with Gasteiger partial charge in [-0.05, 0) is 42.9 Å². The van der Waals surface area contributed by atoms with Crippen LogP contribution in [0.1, 0.15) is 47.1 Å². The van der Waals surface area contributed by atoms with Gasteiger partial charge >= 0.3 is 5.91 Å². The second-order valence-electron chi connectivity index (χ2n) is 7.82. The molecule has 0 fully saturated rings. The predicted molar refractivity (Wildman–Crippen MR) is 122 cm³/mol. The molecule has 166 valence electrons. The fourth-order valence-electron chi connectivity index (χ4n) is 3.97. The fraction of sp³-hybridized carbons (Fsp3) is 0.381. The number of carbonyl (C=O) groups is 2. The van der Waals surface area contributed by atoms with Crippen molar-refractivity contribution in [3.8, 4) is 0 Å².